The monoisotopic (exact) mass is 332 g/mol. The second-order valence-corrected chi connectivity index (χ2v) is 6.53. The Morgan fingerprint density at radius 3 is 2.68 bits per heavy atom. The zero-order chi connectivity index (χ0) is 14.2. The largest absolute Gasteiger partial charge is 0.363 e. The topological polar surface area (TPSA) is 15.3 Å². The smallest absolute Gasteiger partial charge is 0.149 e. The SMILES string of the molecule is CCC1CNC(C)(C)CN1c1cc(Br)c(F)cc1F. The normalized spacial score (nSPS) is 22.6. The van der Waals surface area contributed by atoms with Crippen molar-refractivity contribution in [2.75, 3.05) is 18.0 Å². The van der Waals surface area contributed by atoms with Crippen LogP contribution < -0.4 is 10.2 Å². The fourth-order valence-corrected chi connectivity index (χ4v) is 2.83. The van der Waals surface area contributed by atoms with Crippen LogP contribution in [0.15, 0.2) is 16.6 Å². The predicted molar refractivity (Wildman–Crippen MR) is 77.6 cm³/mol. The maximum atomic E-state index is 14.1. The summed E-state index contributed by atoms with van der Waals surface area (Å²) in [4.78, 5) is 2.04. The van der Waals surface area contributed by atoms with E-state index < -0.39 is 11.6 Å². The molecule has 19 heavy (non-hydrogen) atoms. The second kappa shape index (κ2) is 5.37. The molecule has 1 heterocycles. The lowest BCUT2D eigenvalue weighted by Crippen LogP contribution is -2.61. The number of hydrogen-bond acceptors (Lipinski definition) is 2. The highest BCUT2D eigenvalue weighted by atomic mass is 79.9. The fourth-order valence-electron chi connectivity index (χ4n) is 2.49. The average molecular weight is 333 g/mol. The summed E-state index contributed by atoms with van der Waals surface area (Å²) in [5.74, 6) is -1.07. The number of piperazine rings is 1. The van der Waals surface area contributed by atoms with Gasteiger partial charge in [-0.05, 0) is 42.3 Å². The zero-order valence-electron chi connectivity index (χ0n) is 11.4. The third kappa shape index (κ3) is 3.08. The number of anilines is 1. The van der Waals surface area contributed by atoms with E-state index >= 15 is 0 Å². The Morgan fingerprint density at radius 2 is 2.05 bits per heavy atom. The fraction of sp³-hybridized carbons (Fsp3) is 0.571. The Kier molecular flexibility index (Phi) is 4.16. The van der Waals surface area contributed by atoms with Crippen LogP contribution in [0.5, 0.6) is 0 Å². The Balaban J connectivity index is 2.39. The van der Waals surface area contributed by atoms with E-state index in [0.29, 0.717) is 16.7 Å². The van der Waals surface area contributed by atoms with Gasteiger partial charge in [-0.3, -0.25) is 0 Å². The lowest BCUT2D eigenvalue weighted by Gasteiger charge is -2.45. The summed E-state index contributed by atoms with van der Waals surface area (Å²) < 4.78 is 27.7. The molecule has 0 aromatic heterocycles. The molecular weight excluding hydrogens is 314 g/mol. The quantitative estimate of drug-likeness (QED) is 0.831. The van der Waals surface area contributed by atoms with Crippen molar-refractivity contribution in [2.45, 2.75) is 38.8 Å². The highest BCUT2D eigenvalue weighted by molar-refractivity contribution is 9.10. The Hall–Kier alpha value is -0.680. The molecule has 1 atom stereocenters. The van der Waals surface area contributed by atoms with Gasteiger partial charge in [0.25, 0.3) is 0 Å². The van der Waals surface area contributed by atoms with Crippen LogP contribution in [-0.4, -0.2) is 24.7 Å². The van der Waals surface area contributed by atoms with E-state index in [2.05, 4.69) is 42.0 Å². The number of halogens is 3. The summed E-state index contributed by atoms with van der Waals surface area (Å²) in [5, 5.41) is 3.45. The molecule has 2 rings (SSSR count). The van der Waals surface area contributed by atoms with Gasteiger partial charge in [0.15, 0.2) is 0 Å². The third-order valence-corrected chi connectivity index (χ3v) is 4.20. The summed E-state index contributed by atoms with van der Waals surface area (Å²) >= 11 is 3.13. The minimum absolute atomic E-state index is 0.0844. The van der Waals surface area contributed by atoms with Gasteiger partial charge in [-0.1, -0.05) is 6.92 Å². The van der Waals surface area contributed by atoms with Gasteiger partial charge in [0.2, 0.25) is 0 Å². The summed E-state index contributed by atoms with van der Waals surface area (Å²) in [6.07, 6.45) is 0.914. The van der Waals surface area contributed by atoms with Crippen molar-refractivity contribution in [3.63, 3.8) is 0 Å². The lowest BCUT2D eigenvalue weighted by atomic mass is 9.96. The molecule has 1 aliphatic heterocycles. The Labute approximate surface area is 121 Å². The molecule has 1 aliphatic rings. The molecule has 106 valence electrons. The highest BCUT2D eigenvalue weighted by Crippen LogP contribution is 2.31. The maximum Gasteiger partial charge on any atom is 0.149 e. The Bertz CT molecular complexity index is 477. The molecular formula is C14H19BrF2N2. The van der Waals surface area contributed by atoms with Gasteiger partial charge in [-0.25, -0.2) is 8.78 Å². The Morgan fingerprint density at radius 1 is 1.37 bits per heavy atom. The van der Waals surface area contributed by atoms with Crippen molar-refractivity contribution in [3.8, 4) is 0 Å². The summed E-state index contributed by atoms with van der Waals surface area (Å²) in [7, 11) is 0. The first-order chi connectivity index (χ1) is 8.84. The number of benzene rings is 1. The van der Waals surface area contributed by atoms with Gasteiger partial charge >= 0.3 is 0 Å². The van der Waals surface area contributed by atoms with Crippen LogP contribution in [0.3, 0.4) is 0 Å². The summed E-state index contributed by atoms with van der Waals surface area (Å²) in [6.45, 7) is 7.75. The van der Waals surface area contributed by atoms with Crippen molar-refractivity contribution in [2.24, 2.45) is 0 Å². The van der Waals surface area contributed by atoms with E-state index in [1.807, 2.05) is 4.90 Å². The van der Waals surface area contributed by atoms with E-state index in [9.17, 15) is 8.78 Å². The molecule has 0 saturated carbocycles. The van der Waals surface area contributed by atoms with E-state index in [1.54, 1.807) is 0 Å². The summed E-state index contributed by atoms with van der Waals surface area (Å²) in [5.41, 5.74) is 0.383. The lowest BCUT2D eigenvalue weighted by molar-refractivity contribution is 0.304. The average Bonchev–Trinajstić information content (AvgIpc) is 2.33. The van der Waals surface area contributed by atoms with Crippen LogP contribution in [0.1, 0.15) is 27.2 Å². The molecule has 1 fully saturated rings. The molecule has 1 aromatic carbocycles. The molecule has 1 N–H and O–H groups in total. The van der Waals surface area contributed by atoms with Crippen molar-refractivity contribution in [3.05, 3.63) is 28.2 Å². The minimum Gasteiger partial charge on any atom is -0.363 e. The van der Waals surface area contributed by atoms with Crippen LogP contribution in [0, 0.1) is 11.6 Å². The third-order valence-electron chi connectivity index (χ3n) is 3.59. The number of nitrogens with zero attached hydrogens (tertiary/aromatic N) is 1. The standard InChI is InChI=1S/C14H19BrF2N2/c1-4-9-7-18-14(2,3)8-19(9)13-5-10(15)11(16)6-12(13)17/h5-6,9,18H,4,7-8H2,1-3H3. The number of hydrogen-bond donors (Lipinski definition) is 1. The van der Waals surface area contributed by atoms with Crippen LogP contribution in [0.4, 0.5) is 14.5 Å². The molecule has 5 heteroatoms. The van der Waals surface area contributed by atoms with Crippen molar-refractivity contribution in [1.29, 1.82) is 0 Å². The first kappa shape index (κ1) is 14.7. The molecule has 1 unspecified atom stereocenters. The maximum absolute atomic E-state index is 14.1. The molecule has 2 nitrogen and oxygen atoms in total. The van der Waals surface area contributed by atoms with Crippen LogP contribution >= 0.6 is 15.9 Å². The van der Waals surface area contributed by atoms with Crippen LogP contribution in [0.2, 0.25) is 0 Å². The predicted octanol–water partition coefficient (Wildman–Crippen LogP) is 3.69. The van der Waals surface area contributed by atoms with Crippen molar-refractivity contribution < 1.29 is 8.78 Å². The zero-order valence-corrected chi connectivity index (χ0v) is 13.0. The van der Waals surface area contributed by atoms with Gasteiger partial charge in [-0.15, -0.1) is 0 Å². The minimum atomic E-state index is -0.566. The highest BCUT2D eigenvalue weighted by Gasteiger charge is 2.33. The van der Waals surface area contributed by atoms with Gasteiger partial charge in [0, 0.05) is 30.7 Å². The molecule has 0 radical (unpaired) electrons. The van der Waals surface area contributed by atoms with E-state index in [1.165, 1.54) is 6.07 Å². The van der Waals surface area contributed by atoms with Crippen molar-refractivity contribution in [1.82, 2.24) is 5.32 Å². The van der Waals surface area contributed by atoms with Gasteiger partial charge < -0.3 is 10.2 Å². The molecule has 0 bridgehead atoms. The number of nitrogens with one attached hydrogen (secondary N) is 1. The summed E-state index contributed by atoms with van der Waals surface area (Å²) in [6, 6.07) is 2.70. The van der Waals surface area contributed by atoms with Gasteiger partial charge in [0.05, 0.1) is 10.2 Å². The van der Waals surface area contributed by atoms with E-state index in [4.69, 9.17) is 0 Å². The van der Waals surface area contributed by atoms with E-state index in [0.717, 1.165) is 19.0 Å². The molecule has 0 aliphatic carbocycles. The van der Waals surface area contributed by atoms with Crippen molar-refractivity contribution >= 4 is 21.6 Å². The molecule has 1 aromatic rings. The molecule has 1 saturated heterocycles. The first-order valence-corrected chi connectivity index (χ1v) is 7.29. The van der Waals surface area contributed by atoms with Crippen LogP contribution in [-0.2, 0) is 0 Å². The second-order valence-electron chi connectivity index (χ2n) is 5.67. The molecule has 0 spiro atoms. The van der Waals surface area contributed by atoms with E-state index in [-0.39, 0.29) is 11.6 Å². The van der Waals surface area contributed by atoms with Crippen LogP contribution in [0.25, 0.3) is 0 Å². The van der Waals surface area contributed by atoms with Gasteiger partial charge in [0.1, 0.15) is 11.6 Å². The first-order valence-electron chi connectivity index (χ1n) is 6.50. The van der Waals surface area contributed by atoms with Gasteiger partial charge in [-0.2, -0.15) is 0 Å². The molecule has 0 amide bonds. The number of rotatable bonds is 2.